The second-order valence-corrected chi connectivity index (χ2v) is 6.11. The lowest BCUT2D eigenvalue weighted by atomic mass is 10.1. The molecule has 0 aliphatic heterocycles. The van der Waals surface area contributed by atoms with Crippen molar-refractivity contribution in [3.8, 4) is 23.0 Å². The Balaban J connectivity index is 2.31. The zero-order valence-corrected chi connectivity index (χ0v) is 17.3. The molecule has 0 N–H and O–H groups in total. The van der Waals surface area contributed by atoms with Crippen LogP contribution in [0, 0.1) is 0 Å². The number of rotatable bonds is 10. The van der Waals surface area contributed by atoms with Crippen LogP contribution in [0.5, 0.6) is 23.0 Å². The Kier molecular flexibility index (Phi) is 7.99. The first-order chi connectivity index (χ1) is 13.5. The lowest BCUT2D eigenvalue weighted by molar-refractivity contribution is 0.0784. The number of amides is 1. The third-order valence-electron chi connectivity index (χ3n) is 4.06. The van der Waals surface area contributed by atoms with Crippen LogP contribution >= 0.6 is 0 Å². The lowest BCUT2D eigenvalue weighted by Crippen LogP contribution is -2.26. The van der Waals surface area contributed by atoms with Crippen LogP contribution < -0.4 is 18.9 Å². The van der Waals surface area contributed by atoms with Gasteiger partial charge < -0.3 is 23.8 Å². The van der Waals surface area contributed by atoms with E-state index in [0.29, 0.717) is 49.2 Å². The van der Waals surface area contributed by atoms with Crippen molar-refractivity contribution in [1.82, 2.24) is 4.90 Å². The molecule has 0 unspecified atom stereocenters. The average Bonchev–Trinajstić information content (AvgIpc) is 2.70. The summed E-state index contributed by atoms with van der Waals surface area (Å²) in [6.07, 6.45) is 0. The normalized spacial score (nSPS) is 10.3. The van der Waals surface area contributed by atoms with Gasteiger partial charge in [-0.15, -0.1) is 0 Å². The smallest absolute Gasteiger partial charge is 0.254 e. The number of benzene rings is 2. The molecular formula is C22H29NO5. The van der Waals surface area contributed by atoms with Crippen molar-refractivity contribution in [1.29, 1.82) is 0 Å². The van der Waals surface area contributed by atoms with E-state index in [1.807, 2.05) is 45.0 Å². The predicted molar refractivity (Wildman–Crippen MR) is 109 cm³/mol. The van der Waals surface area contributed by atoms with E-state index < -0.39 is 0 Å². The van der Waals surface area contributed by atoms with Gasteiger partial charge in [0.1, 0.15) is 5.75 Å². The molecule has 28 heavy (non-hydrogen) atoms. The highest BCUT2D eigenvalue weighted by Gasteiger charge is 2.20. The van der Waals surface area contributed by atoms with E-state index in [9.17, 15) is 4.79 Å². The van der Waals surface area contributed by atoms with Gasteiger partial charge in [0.15, 0.2) is 11.5 Å². The maximum Gasteiger partial charge on any atom is 0.254 e. The number of hydrogen-bond donors (Lipinski definition) is 0. The molecule has 0 fully saturated rings. The number of nitrogens with zero attached hydrogens (tertiary/aromatic N) is 1. The molecule has 0 bridgehead atoms. The monoisotopic (exact) mass is 387 g/mol. The topological polar surface area (TPSA) is 57.2 Å². The minimum absolute atomic E-state index is 0.132. The molecule has 0 saturated carbocycles. The largest absolute Gasteiger partial charge is 0.497 e. The molecular weight excluding hydrogens is 358 g/mol. The third kappa shape index (κ3) is 5.31. The Morgan fingerprint density at radius 2 is 1.54 bits per heavy atom. The Bertz CT molecular complexity index is 763. The quantitative estimate of drug-likeness (QED) is 0.613. The van der Waals surface area contributed by atoms with Crippen LogP contribution in [0.15, 0.2) is 36.4 Å². The zero-order chi connectivity index (χ0) is 20.5. The van der Waals surface area contributed by atoms with E-state index in [1.165, 1.54) is 0 Å². The van der Waals surface area contributed by atoms with Crippen LogP contribution in [0.4, 0.5) is 0 Å². The van der Waals surface area contributed by atoms with Crippen LogP contribution in [0.3, 0.4) is 0 Å². The molecule has 0 atom stereocenters. The maximum absolute atomic E-state index is 13.0. The van der Waals surface area contributed by atoms with Crippen molar-refractivity contribution >= 4 is 5.91 Å². The van der Waals surface area contributed by atoms with Gasteiger partial charge in [-0.1, -0.05) is 12.1 Å². The highest BCUT2D eigenvalue weighted by molar-refractivity contribution is 5.95. The van der Waals surface area contributed by atoms with Gasteiger partial charge in [0.25, 0.3) is 5.91 Å². The summed E-state index contributed by atoms with van der Waals surface area (Å²) in [6, 6.07) is 11.1. The van der Waals surface area contributed by atoms with Crippen molar-refractivity contribution < 1.29 is 23.7 Å². The molecule has 0 spiro atoms. The minimum atomic E-state index is -0.132. The molecule has 0 saturated heterocycles. The summed E-state index contributed by atoms with van der Waals surface area (Å²) >= 11 is 0. The molecule has 0 aliphatic carbocycles. The van der Waals surface area contributed by atoms with Gasteiger partial charge in [0, 0.05) is 19.2 Å². The number of carbonyl (C=O) groups excluding carboxylic acids is 1. The molecule has 0 heterocycles. The molecule has 0 radical (unpaired) electrons. The van der Waals surface area contributed by atoms with Gasteiger partial charge in [-0.25, -0.2) is 0 Å². The second kappa shape index (κ2) is 10.4. The van der Waals surface area contributed by atoms with Crippen molar-refractivity contribution in [3.63, 3.8) is 0 Å². The van der Waals surface area contributed by atoms with Gasteiger partial charge in [-0.2, -0.15) is 0 Å². The Hall–Kier alpha value is -2.89. The fourth-order valence-corrected chi connectivity index (χ4v) is 2.85. The molecule has 1 amide bonds. The van der Waals surface area contributed by atoms with Crippen molar-refractivity contribution in [2.24, 2.45) is 0 Å². The van der Waals surface area contributed by atoms with E-state index in [4.69, 9.17) is 18.9 Å². The second-order valence-electron chi connectivity index (χ2n) is 6.11. The van der Waals surface area contributed by atoms with E-state index in [-0.39, 0.29) is 5.91 Å². The highest BCUT2D eigenvalue weighted by atomic mass is 16.5. The molecule has 0 aliphatic rings. The first-order valence-electron chi connectivity index (χ1n) is 9.48. The summed E-state index contributed by atoms with van der Waals surface area (Å²) in [5.74, 6) is 2.17. The summed E-state index contributed by atoms with van der Waals surface area (Å²) in [7, 11) is 3.39. The Morgan fingerprint density at radius 3 is 2.07 bits per heavy atom. The van der Waals surface area contributed by atoms with Gasteiger partial charge >= 0.3 is 0 Å². The number of hydrogen-bond acceptors (Lipinski definition) is 5. The summed E-state index contributed by atoms with van der Waals surface area (Å²) < 4.78 is 22.4. The SMILES string of the molecule is CCOc1cc(C(=O)N(C)Cc2cccc(OC)c2)cc(OCC)c1OCC. The fourth-order valence-electron chi connectivity index (χ4n) is 2.85. The molecule has 2 rings (SSSR count). The van der Waals surface area contributed by atoms with Gasteiger partial charge in [-0.05, 0) is 50.6 Å². The van der Waals surface area contributed by atoms with Crippen molar-refractivity contribution in [3.05, 3.63) is 47.5 Å². The van der Waals surface area contributed by atoms with Gasteiger partial charge in [0.05, 0.1) is 26.9 Å². The summed E-state index contributed by atoms with van der Waals surface area (Å²) in [6.45, 7) is 7.53. The molecule has 0 aromatic heterocycles. The molecule has 2 aromatic rings. The number of ether oxygens (including phenoxy) is 4. The maximum atomic E-state index is 13.0. The molecule has 6 nitrogen and oxygen atoms in total. The Labute approximate surface area is 167 Å². The summed E-state index contributed by atoms with van der Waals surface area (Å²) in [5, 5.41) is 0. The molecule has 6 heteroatoms. The van der Waals surface area contributed by atoms with Crippen LogP contribution in [0.1, 0.15) is 36.7 Å². The standard InChI is InChI=1S/C22H29NO5/c1-6-26-19-13-17(14-20(27-7-2)21(19)28-8-3)22(24)23(4)15-16-10-9-11-18(12-16)25-5/h9-14H,6-8,15H2,1-5H3. The summed E-state index contributed by atoms with van der Waals surface area (Å²) in [5.41, 5.74) is 1.47. The first-order valence-corrected chi connectivity index (χ1v) is 9.48. The zero-order valence-electron chi connectivity index (χ0n) is 17.3. The third-order valence-corrected chi connectivity index (χ3v) is 4.06. The molecule has 152 valence electrons. The highest BCUT2D eigenvalue weighted by Crippen LogP contribution is 2.39. The van der Waals surface area contributed by atoms with E-state index in [2.05, 4.69) is 0 Å². The Morgan fingerprint density at radius 1 is 0.929 bits per heavy atom. The van der Waals surface area contributed by atoms with Crippen LogP contribution in [0.2, 0.25) is 0 Å². The molecule has 2 aromatic carbocycles. The van der Waals surface area contributed by atoms with Crippen molar-refractivity contribution in [2.75, 3.05) is 34.0 Å². The van der Waals surface area contributed by atoms with Crippen LogP contribution in [-0.4, -0.2) is 44.8 Å². The number of carbonyl (C=O) groups is 1. The van der Waals surface area contributed by atoms with Crippen LogP contribution in [-0.2, 0) is 6.54 Å². The summed E-state index contributed by atoms with van der Waals surface area (Å²) in [4.78, 5) is 14.7. The van der Waals surface area contributed by atoms with Gasteiger partial charge in [0.2, 0.25) is 5.75 Å². The minimum Gasteiger partial charge on any atom is -0.497 e. The van der Waals surface area contributed by atoms with Crippen LogP contribution in [0.25, 0.3) is 0 Å². The predicted octanol–water partition coefficient (Wildman–Crippen LogP) is 4.16. The lowest BCUT2D eigenvalue weighted by Gasteiger charge is -2.20. The van der Waals surface area contributed by atoms with E-state index >= 15 is 0 Å². The average molecular weight is 387 g/mol. The number of methoxy groups -OCH3 is 1. The fraction of sp³-hybridized carbons (Fsp3) is 0.409. The van der Waals surface area contributed by atoms with Gasteiger partial charge in [-0.3, -0.25) is 4.79 Å². The van der Waals surface area contributed by atoms with Crippen molar-refractivity contribution in [2.45, 2.75) is 27.3 Å². The van der Waals surface area contributed by atoms with E-state index in [1.54, 1.807) is 31.2 Å². The first kappa shape index (κ1) is 21.4. The van der Waals surface area contributed by atoms with E-state index in [0.717, 1.165) is 11.3 Å².